The first kappa shape index (κ1) is 16.6. The van der Waals surface area contributed by atoms with Crippen LogP contribution in [-0.4, -0.2) is 47.8 Å². The van der Waals surface area contributed by atoms with Crippen LogP contribution in [0.1, 0.15) is 18.5 Å². The Kier molecular flexibility index (Phi) is 4.93. The maximum Gasteiger partial charge on any atom is 0.327 e. The van der Waals surface area contributed by atoms with Crippen LogP contribution in [0.4, 0.5) is 4.79 Å². The zero-order chi connectivity index (χ0) is 16.4. The van der Waals surface area contributed by atoms with E-state index in [0.29, 0.717) is 15.6 Å². The molecule has 0 aliphatic carbocycles. The fraction of sp³-hybridized carbons (Fsp3) is 0.357. The van der Waals surface area contributed by atoms with Gasteiger partial charge in [0.25, 0.3) is 5.91 Å². The SMILES string of the molecule is C[C@H](NC(=O)CN1C(=O)CN(C)C1=O)c1ccc(Cl)cc1Cl. The van der Waals surface area contributed by atoms with Gasteiger partial charge in [-0.25, -0.2) is 4.79 Å². The number of nitrogens with zero attached hydrogens (tertiary/aromatic N) is 2. The number of urea groups is 1. The second-order valence-electron chi connectivity index (χ2n) is 5.07. The summed E-state index contributed by atoms with van der Waals surface area (Å²) in [6, 6.07) is 4.13. The van der Waals surface area contributed by atoms with Crippen molar-refractivity contribution < 1.29 is 14.4 Å². The Labute approximate surface area is 138 Å². The number of imide groups is 1. The quantitative estimate of drug-likeness (QED) is 0.850. The number of nitrogens with one attached hydrogen (secondary N) is 1. The zero-order valence-corrected chi connectivity index (χ0v) is 13.6. The number of likely N-dealkylation sites (N-methyl/N-ethyl adjacent to an activating group) is 1. The summed E-state index contributed by atoms with van der Waals surface area (Å²) in [5.74, 6) is -0.824. The number of carbonyl (C=O) groups excluding carboxylic acids is 3. The van der Waals surface area contributed by atoms with Crippen LogP contribution in [0.2, 0.25) is 10.0 Å². The summed E-state index contributed by atoms with van der Waals surface area (Å²) >= 11 is 11.9. The highest BCUT2D eigenvalue weighted by Crippen LogP contribution is 2.26. The van der Waals surface area contributed by atoms with Gasteiger partial charge in [0.05, 0.1) is 6.04 Å². The summed E-state index contributed by atoms with van der Waals surface area (Å²) in [7, 11) is 1.51. The lowest BCUT2D eigenvalue weighted by atomic mass is 10.1. The fourth-order valence-corrected chi connectivity index (χ4v) is 2.76. The second kappa shape index (κ2) is 6.54. The Morgan fingerprint density at radius 3 is 2.59 bits per heavy atom. The summed E-state index contributed by atoms with van der Waals surface area (Å²) in [5, 5.41) is 3.65. The van der Waals surface area contributed by atoms with Crippen molar-refractivity contribution in [1.29, 1.82) is 0 Å². The number of carbonyl (C=O) groups is 3. The molecular weight excluding hydrogens is 329 g/mol. The minimum atomic E-state index is -0.475. The molecule has 2 rings (SSSR count). The molecule has 0 bridgehead atoms. The first-order chi connectivity index (χ1) is 10.3. The van der Waals surface area contributed by atoms with Gasteiger partial charge in [-0.05, 0) is 24.6 Å². The first-order valence-electron chi connectivity index (χ1n) is 6.59. The number of halogens is 2. The highest BCUT2D eigenvalue weighted by molar-refractivity contribution is 6.35. The Bertz CT molecular complexity index is 636. The molecular formula is C14H15Cl2N3O3. The van der Waals surface area contributed by atoms with Crippen LogP contribution in [0.3, 0.4) is 0 Å². The summed E-state index contributed by atoms with van der Waals surface area (Å²) in [6.07, 6.45) is 0. The number of amides is 4. The van der Waals surface area contributed by atoms with Crippen LogP contribution >= 0.6 is 23.2 Å². The molecule has 1 fully saturated rings. The van der Waals surface area contributed by atoms with Gasteiger partial charge in [-0.1, -0.05) is 29.3 Å². The van der Waals surface area contributed by atoms with Crippen LogP contribution in [0, 0.1) is 0 Å². The molecule has 1 aliphatic rings. The van der Waals surface area contributed by atoms with Gasteiger partial charge in [0, 0.05) is 17.1 Å². The third kappa shape index (κ3) is 3.51. The van der Waals surface area contributed by atoms with Gasteiger partial charge in [0.1, 0.15) is 13.1 Å². The number of rotatable bonds is 4. The van der Waals surface area contributed by atoms with E-state index in [4.69, 9.17) is 23.2 Å². The van der Waals surface area contributed by atoms with Crippen molar-refractivity contribution in [3.63, 3.8) is 0 Å². The molecule has 0 spiro atoms. The monoisotopic (exact) mass is 343 g/mol. The highest BCUT2D eigenvalue weighted by Gasteiger charge is 2.34. The van der Waals surface area contributed by atoms with Crippen molar-refractivity contribution in [3.05, 3.63) is 33.8 Å². The lowest BCUT2D eigenvalue weighted by Gasteiger charge is -2.18. The van der Waals surface area contributed by atoms with Gasteiger partial charge in [-0.3, -0.25) is 14.5 Å². The van der Waals surface area contributed by atoms with E-state index in [-0.39, 0.29) is 25.0 Å². The lowest BCUT2D eigenvalue weighted by molar-refractivity contribution is -0.131. The number of hydrogen-bond donors (Lipinski definition) is 1. The molecule has 1 heterocycles. The average molecular weight is 344 g/mol. The smallest absolute Gasteiger partial charge is 0.327 e. The van der Waals surface area contributed by atoms with E-state index < -0.39 is 11.9 Å². The van der Waals surface area contributed by atoms with E-state index in [2.05, 4.69) is 5.32 Å². The van der Waals surface area contributed by atoms with Crippen LogP contribution in [-0.2, 0) is 9.59 Å². The summed E-state index contributed by atoms with van der Waals surface area (Å²) in [5.41, 5.74) is 0.704. The fourth-order valence-electron chi connectivity index (χ4n) is 2.19. The Hall–Kier alpha value is -1.79. The Morgan fingerprint density at radius 2 is 2.05 bits per heavy atom. The minimum Gasteiger partial charge on any atom is -0.348 e. The van der Waals surface area contributed by atoms with Gasteiger partial charge >= 0.3 is 6.03 Å². The van der Waals surface area contributed by atoms with E-state index >= 15 is 0 Å². The molecule has 1 atom stereocenters. The molecule has 8 heteroatoms. The van der Waals surface area contributed by atoms with E-state index in [1.807, 2.05) is 0 Å². The molecule has 1 N–H and O–H groups in total. The van der Waals surface area contributed by atoms with Crippen LogP contribution in [0.5, 0.6) is 0 Å². The van der Waals surface area contributed by atoms with Gasteiger partial charge in [-0.15, -0.1) is 0 Å². The lowest BCUT2D eigenvalue weighted by Crippen LogP contribution is -2.41. The van der Waals surface area contributed by atoms with Crippen molar-refractivity contribution in [3.8, 4) is 0 Å². The largest absolute Gasteiger partial charge is 0.348 e. The molecule has 1 aromatic rings. The molecule has 118 valence electrons. The average Bonchev–Trinajstić information content (AvgIpc) is 2.65. The van der Waals surface area contributed by atoms with Crippen LogP contribution in [0.15, 0.2) is 18.2 Å². The predicted octanol–water partition coefficient (Wildman–Crippen LogP) is 2.06. The molecule has 6 nitrogen and oxygen atoms in total. The molecule has 0 saturated carbocycles. The van der Waals surface area contributed by atoms with E-state index in [1.54, 1.807) is 25.1 Å². The molecule has 4 amide bonds. The van der Waals surface area contributed by atoms with Gasteiger partial charge in [0.2, 0.25) is 5.91 Å². The third-order valence-corrected chi connectivity index (χ3v) is 3.90. The molecule has 0 radical (unpaired) electrons. The molecule has 0 unspecified atom stereocenters. The molecule has 22 heavy (non-hydrogen) atoms. The van der Waals surface area contributed by atoms with Gasteiger partial charge in [0.15, 0.2) is 0 Å². The first-order valence-corrected chi connectivity index (χ1v) is 7.35. The molecule has 0 aromatic heterocycles. The predicted molar refractivity (Wildman–Crippen MR) is 82.8 cm³/mol. The van der Waals surface area contributed by atoms with Crippen molar-refractivity contribution in [2.45, 2.75) is 13.0 Å². The normalized spacial score (nSPS) is 16.2. The van der Waals surface area contributed by atoms with Crippen molar-refractivity contribution in [2.24, 2.45) is 0 Å². The van der Waals surface area contributed by atoms with Crippen molar-refractivity contribution in [1.82, 2.24) is 15.1 Å². The van der Waals surface area contributed by atoms with Gasteiger partial charge in [-0.2, -0.15) is 0 Å². The van der Waals surface area contributed by atoms with Crippen molar-refractivity contribution in [2.75, 3.05) is 20.1 Å². The maximum atomic E-state index is 12.0. The van der Waals surface area contributed by atoms with Crippen LogP contribution < -0.4 is 5.32 Å². The third-order valence-electron chi connectivity index (χ3n) is 3.34. The second-order valence-corrected chi connectivity index (χ2v) is 5.92. The molecule has 1 aromatic carbocycles. The summed E-state index contributed by atoms with van der Waals surface area (Å²) in [4.78, 5) is 37.5. The molecule has 1 saturated heterocycles. The summed E-state index contributed by atoms with van der Waals surface area (Å²) in [6.45, 7) is 1.44. The Balaban J connectivity index is 2.00. The molecule has 1 aliphatic heterocycles. The zero-order valence-electron chi connectivity index (χ0n) is 12.1. The van der Waals surface area contributed by atoms with E-state index in [9.17, 15) is 14.4 Å². The van der Waals surface area contributed by atoms with E-state index in [0.717, 1.165) is 4.90 Å². The van der Waals surface area contributed by atoms with Gasteiger partial charge < -0.3 is 10.2 Å². The van der Waals surface area contributed by atoms with Crippen molar-refractivity contribution >= 4 is 41.0 Å². The minimum absolute atomic E-state index is 0.00925. The van der Waals surface area contributed by atoms with Crippen LogP contribution in [0.25, 0.3) is 0 Å². The summed E-state index contributed by atoms with van der Waals surface area (Å²) < 4.78 is 0. The Morgan fingerprint density at radius 1 is 1.36 bits per heavy atom. The topological polar surface area (TPSA) is 69.7 Å². The maximum absolute atomic E-state index is 12.0. The standard InChI is InChI=1S/C14H15Cl2N3O3/c1-8(10-4-3-9(15)5-11(10)16)17-12(20)6-19-13(21)7-18(2)14(19)22/h3-5,8H,6-7H2,1-2H3,(H,17,20)/t8-/m0/s1. The highest BCUT2D eigenvalue weighted by atomic mass is 35.5. The number of hydrogen-bond acceptors (Lipinski definition) is 3. The van der Waals surface area contributed by atoms with E-state index in [1.165, 1.54) is 11.9 Å². The number of benzene rings is 1.